The van der Waals surface area contributed by atoms with E-state index in [2.05, 4.69) is 24.7 Å². The van der Waals surface area contributed by atoms with Gasteiger partial charge in [-0.3, -0.25) is 0 Å². The molecule has 0 unspecified atom stereocenters. The first-order chi connectivity index (χ1) is 11.5. The second kappa shape index (κ2) is 7.08. The molecule has 3 rings (SSSR count). The minimum absolute atomic E-state index is 0.180. The zero-order chi connectivity index (χ0) is 17.0. The van der Waals surface area contributed by atoms with Gasteiger partial charge in [0, 0.05) is 5.75 Å². The predicted octanol–water partition coefficient (Wildman–Crippen LogP) is 4.14. The van der Waals surface area contributed by atoms with Crippen LogP contribution in [0.25, 0.3) is 11.2 Å². The van der Waals surface area contributed by atoms with Crippen molar-refractivity contribution in [2.75, 3.05) is 5.75 Å². The Labute approximate surface area is 139 Å². The van der Waals surface area contributed by atoms with E-state index in [1.165, 1.54) is 30.2 Å². The summed E-state index contributed by atoms with van der Waals surface area (Å²) < 4.78 is 40.6. The number of nitrogens with one attached hydrogen (secondary N) is 1. The minimum Gasteiger partial charge on any atom is -0.406 e. The molecule has 2 aromatic rings. The lowest BCUT2D eigenvalue weighted by Crippen LogP contribution is -2.12. The average molecular weight is 354 g/mol. The number of imidazole rings is 1. The van der Waals surface area contributed by atoms with Gasteiger partial charge in [0.2, 0.25) is 0 Å². The number of aromatic nitrogens is 4. The maximum atomic E-state index is 12.2. The van der Waals surface area contributed by atoms with Gasteiger partial charge < -0.3 is 9.72 Å². The van der Waals surface area contributed by atoms with Crippen LogP contribution in [0.1, 0.15) is 12.8 Å². The number of alkyl halides is 3. The van der Waals surface area contributed by atoms with E-state index in [9.17, 15) is 13.2 Å². The highest BCUT2D eigenvalue weighted by Crippen LogP contribution is 2.27. The zero-order valence-corrected chi connectivity index (χ0v) is 13.2. The van der Waals surface area contributed by atoms with E-state index in [1.807, 2.05) is 6.08 Å². The molecule has 0 aliphatic heterocycles. The first kappa shape index (κ1) is 16.6. The standard InChI is InChI=1S/C15H13F3N4OS/c16-15(17,18)23-11-5-1-3-10(4-2-6-11)7-24-14-12-13(20-8-19-12)21-9-22-14/h1,4-6,8-9H,2-3,7H2,(H,19,20,21,22)/b5-1-,10-4+,11-6?. The molecule has 2 heterocycles. The third-order valence-electron chi connectivity index (χ3n) is 3.20. The largest absolute Gasteiger partial charge is 0.573 e. The van der Waals surface area contributed by atoms with Gasteiger partial charge in [-0.1, -0.05) is 29.5 Å². The van der Waals surface area contributed by atoms with Crippen molar-refractivity contribution in [3.8, 4) is 0 Å². The number of halogens is 3. The van der Waals surface area contributed by atoms with Crippen LogP contribution < -0.4 is 0 Å². The predicted molar refractivity (Wildman–Crippen MR) is 84.1 cm³/mol. The van der Waals surface area contributed by atoms with E-state index >= 15 is 0 Å². The van der Waals surface area contributed by atoms with Crippen LogP contribution in [-0.4, -0.2) is 32.1 Å². The van der Waals surface area contributed by atoms with Crippen molar-refractivity contribution in [1.82, 2.24) is 19.9 Å². The fraction of sp³-hybridized carbons (Fsp3) is 0.267. The monoisotopic (exact) mass is 354 g/mol. The molecule has 24 heavy (non-hydrogen) atoms. The maximum Gasteiger partial charge on any atom is 0.573 e. The number of rotatable bonds is 4. The smallest absolute Gasteiger partial charge is 0.406 e. The fourth-order valence-electron chi connectivity index (χ4n) is 2.16. The first-order valence-electron chi connectivity index (χ1n) is 7.08. The zero-order valence-electron chi connectivity index (χ0n) is 12.4. The van der Waals surface area contributed by atoms with Crippen LogP contribution in [0.2, 0.25) is 0 Å². The van der Waals surface area contributed by atoms with E-state index in [4.69, 9.17) is 0 Å². The molecule has 0 saturated carbocycles. The van der Waals surface area contributed by atoms with E-state index < -0.39 is 6.36 Å². The van der Waals surface area contributed by atoms with Crippen molar-refractivity contribution in [3.05, 3.63) is 48.3 Å². The van der Waals surface area contributed by atoms with Gasteiger partial charge in [-0.2, -0.15) is 0 Å². The van der Waals surface area contributed by atoms with Crippen LogP contribution in [-0.2, 0) is 4.74 Å². The Morgan fingerprint density at radius 1 is 1.21 bits per heavy atom. The van der Waals surface area contributed by atoms with Gasteiger partial charge in [-0.25, -0.2) is 15.0 Å². The molecule has 1 aliphatic carbocycles. The molecule has 0 atom stereocenters. The van der Waals surface area contributed by atoms with Crippen molar-refractivity contribution >= 4 is 22.9 Å². The minimum atomic E-state index is -4.67. The van der Waals surface area contributed by atoms with Gasteiger partial charge in [0.05, 0.1) is 6.33 Å². The molecule has 5 nitrogen and oxygen atoms in total. The summed E-state index contributed by atoms with van der Waals surface area (Å²) in [5.41, 5.74) is 2.49. The fourth-order valence-corrected chi connectivity index (χ4v) is 3.13. The summed E-state index contributed by atoms with van der Waals surface area (Å²) in [6, 6.07) is 0. The van der Waals surface area contributed by atoms with E-state index in [-0.39, 0.29) is 5.76 Å². The summed E-state index contributed by atoms with van der Waals surface area (Å²) >= 11 is 1.53. The van der Waals surface area contributed by atoms with Gasteiger partial charge in [0.1, 0.15) is 22.6 Å². The second-order valence-corrected chi connectivity index (χ2v) is 5.89. The van der Waals surface area contributed by atoms with Gasteiger partial charge in [-0.05, 0) is 25.0 Å². The van der Waals surface area contributed by atoms with Crippen molar-refractivity contribution in [2.24, 2.45) is 0 Å². The summed E-state index contributed by atoms with van der Waals surface area (Å²) in [6.45, 7) is 0. The molecular weight excluding hydrogens is 341 g/mol. The Hall–Kier alpha value is -2.29. The Bertz CT molecular complexity index is 810. The van der Waals surface area contributed by atoms with Crippen LogP contribution in [0, 0.1) is 0 Å². The van der Waals surface area contributed by atoms with E-state index in [1.54, 1.807) is 12.4 Å². The quantitative estimate of drug-likeness (QED) is 0.508. The molecule has 0 aromatic carbocycles. The second-order valence-electron chi connectivity index (χ2n) is 4.93. The van der Waals surface area contributed by atoms with E-state index in [0.717, 1.165) is 16.1 Å². The third kappa shape index (κ3) is 4.38. The summed E-state index contributed by atoms with van der Waals surface area (Å²) in [6.07, 6.45) is 5.62. The summed E-state index contributed by atoms with van der Waals surface area (Å²) in [5, 5.41) is 0.793. The Morgan fingerprint density at radius 3 is 2.92 bits per heavy atom. The molecule has 0 bridgehead atoms. The van der Waals surface area contributed by atoms with Gasteiger partial charge in [-0.15, -0.1) is 13.2 Å². The van der Waals surface area contributed by atoms with Crippen LogP contribution in [0.3, 0.4) is 0 Å². The summed E-state index contributed by atoms with van der Waals surface area (Å²) in [5.74, 6) is 0.499. The lowest BCUT2D eigenvalue weighted by molar-refractivity contribution is -0.303. The molecule has 9 heteroatoms. The molecular formula is C15H13F3N4OS. The number of hydrogen-bond acceptors (Lipinski definition) is 5. The average Bonchev–Trinajstić information content (AvgIpc) is 2.96. The molecule has 126 valence electrons. The molecule has 0 amide bonds. The number of fused-ring (bicyclic) bond motifs is 1. The lowest BCUT2D eigenvalue weighted by Gasteiger charge is -2.11. The third-order valence-corrected chi connectivity index (χ3v) is 4.30. The highest BCUT2D eigenvalue weighted by molar-refractivity contribution is 7.99. The van der Waals surface area contributed by atoms with E-state index in [0.29, 0.717) is 24.2 Å². The molecule has 0 radical (unpaired) electrons. The highest BCUT2D eigenvalue weighted by atomic mass is 32.2. The normalized spacial score (nSPS) is 19.1. The number of H-pyrrole nitrogens is 1. The maximum absolute atomic E-state index is 12.2. The molecule has 1 aliphatic rings. The van der Waals surface area contributed by atoms with Crippen molar-refractivity contribution in [3.63, 3.8) is 0 Å². The van der Waals surface area contributed by atoms with Crippen LogP contribution in [0.15, 0.2) is 53.3 Å². The molecule has 0 saturated heterocycles. The number of ether oxygens (including phenoxy) is 1. The lowest BCUT2D eigenvalue weighted by atomic mass is 10.1. The summed E-state index contributed by atoms with van der Waals surface area (Å²) in [4.78, 5) is 15.4. The molecule has 1 N–H and O–H groups in total. The Morgan fingerprint density at radius 2 is 2.08 bits per heavy atom. The van der Waals surface area contributed by atoms with Crippen LogP contribution in [0.4, 0.5) is 13.2 Å². The van der Waals surface area contributed by atoms with Crippen molar-refractivity contribution < 1.29 is 17.9 Å². The number of nitrogens with zero attached hydrogens (tertiary/aromatic N) is 3. The molecule has 2 aromatic heterocycles. The van der Waals surface area contributed by atoms with Crippen LogP contribution in [0.5, 0.6) is 0 Å². The first-order valence-corrected chi connectivity index (χ1v) is 8.07. The Kier molecular flexibility index (Phi) is 4.89. The molecule has 0 fully saturated rings. The van der Waals surface area contributed by atoms with Crippen LogP contribution >= 0.6 is 11.8 Å². The number of thioether (sulfide) groups is 1. The van der Waals surface area contributed by atoms with Crippen molar-refractivity contribution in [2.45, 2.75) is 24.2 Å². The van der Waals surface area contributed by atoms with Crippen molar-refractivity contribution in [1.29, 1.82) is 0 Å². The topological polar surface area (TPSA) is 63.7 Å². The van der Waals surface area contributed by atoms with Gasteiger partial charge in [0.25, 0.3) is 0 Å². The van der Waals surface area contributed by atoms with Gasteiger partial charge in [0.15, 0.2) is 5.65 Å². The van der Waals surface area contributed by atoms with Gasteiger partial charge >= 0.3 is 6.36 Å². The highest BCUT2D eigenvalue weighted by Gasteiger charge is 2.31. The SMILES string of the molecule is FC(F)(F)OC1=CC/C=C(/CSc2ncnc3nc[nH]c23)C/C=C\1. The summed E-state index contributed by atoms with van der Waals surface area (Å²) in [7, 11) is 0. The molecule has 0 spiro atoms. The Balaban J connectivity index is 1.64. The number of hydrogen-bond donors (Lipinski definition) is 1. The number of aromatic amines is 1. The number of allylic oxidation sites excluding steroid dienone is 4.